The van der Waals surface area contributed by atoms with Crippen LogP contribution in [-0.4, -0.2) is 34.2 Å². The molecular formula is C36H68O6. The van der Waals surface area contributed by atoms with Crippen molar-refractivity contribution in [2.24, 2.45) is 17.8 Å². The number of unbranched alkanes of at least 4 members (excludes halogenated alkanes) is 11. The van der Waals surface area contributed by atoms with Crippen LogP contribution in [0.15, 0.2) is 0 Å². The van der Waals surface area contributed by atoms with E-state index in [-0.39, 0.29) is 5.92 Å². The minimum absolute atomic E-state index is 0.300. The first-order valence-corrected chi connectivity index (χ1v) is 17.4. The van der Waals surface area contributed by atoms with Crippen molar-refractivity contribution in [1.29, 1.82) is 0 Å². The van der Waals surface area contributed by atoms with Crippen LogP contribution in [0.4, 0.5) is 0 Å². The molecule has 1 atom stereocenters. The number of aliphatic carboxylic acids is 1. The van der Waals surface area contributed by atoms with Crippen molar-refractivity contribution in [3.63, 3.8) is 0 Å². The summed E-state index contributed by atoms with van der Waals surface area (Å²) in [6.45, 7) is 15.2. The van der Waals surface area contributed by atoms with Gasteiger partial charge in [-0.15, -0.1) is 0 Å². The first-order valence-electron chi connectivity index (χ1n) is 17.4. The van der Waals surface area contributed by atoms with Crippen molar-refractivity contribution >= 4 is 17.9 Å². The second-order valence-corrected chi connectivity index (χ2v) is 14.5. The third-order valence-electron chi connectivity index (χ3n) is 7.88. The van der Waals surface area contributed by atoms with Crippen molar-refractivity contribution in [1.82, 2.24) is 0 Å². The lowest BCUT2D eigenvalue weighted by atomic mass is 9.86. The molecule has 0 aromatic heterocycles. The lowest BCUT2D eigenvalue weighted by Gasteiger charge is -2.26. The second-order valence-electron chi connectivity index (χ2n) is 14.5. The summed E-state index contributed by atoms with van der Waals surface area (Å²) in [6.07, 6.45) is 21.7. The minimum atomic E-state index is -0.995. The van der Waals surface area contributed by atoms with Gasteiger partial charge in [-0.3, -0.25) is 14.4 Å². The second kappa shape index (κ2) is 22.9. The van der Waals surface area contributed by atoms with Crippen LogP contribution in [0.5, 0.6) is 0 Å². The summed E-state index contributed by atoms with van der Waals surface area (Å²) in [5.41, 5.74) is -1.40. The standard InChI is InChI=1S/C36H68O6/c1-9-11-13-15-17-19-23-29(24-20-18-16-14-12-10-2)27-28-30(32(37)38)25-21-22-26-31(33(39)41-35(3,4)5)34(40)42-36(6,7)8/h29-31H,9-28H2,1-8H3,(H,37,38). The number of carboxylic acid groups (broad SMARTS) is 1. The van der Waals surface area contributed by atoms with Crippen molar-refractivity contribution in [2.75, 3.05) is 0 Å². The summed E-state index contributed by atoms with van der Waals surface area (Å²) in [7, 11) is 0. The highest BCUT2D eigenvalue weighted by molar-refractivity contribution is 5.95. The zero-order valence-electron chi connectivity index (χ0n) is 28.9. The summed E-state index contributed by atoms with van der Waals surface area (Å²) < 4.78 is 11.0. The van der Waals surface area contributed by atoms with Crippen LogP contribution in [0.25, 0.3) is 0 Å². The van der Waals surface area contributed by atoms with E-state index in [1.165, 1.54) is 89.9 Å². The van der Waals surface area contributed by atoms with Gasteiger partial charge in [0.25, 0.3) is 0 Å². The fourth-order valence-electron chi connectivity index (χ4n) is 5.50. The third kappa shape index (κ3) is 22.9. The van der Waals surface area contributed by atoms with Gasteiger partial charge in [0.1, 0.15) is 11.2 Å². The molecule has 0 radical (unpaired) electrons. The van der Waals surface area contributed by atoms with E-state index in [0.29, 0.717) is 38.0 Å². The maximum atomic E-state index is 12.8. The van der Waals surface area contributed by atoms with Gasteiger partial charge in [-0.2, -0.15) is 0 Å². The average Bonchev–Trinajstić information content (AvgIpc) is 2.86. The van der Waals surface area contributed by atoms with Gasteiger partial charge in [-0.1, -0.05) is 117 Å². The molecule has 0 aliphatic rings. The Balaban J connectivity index is 4.96. The molecule has 248 valence electrons. The molecule has 42 heavy (non-hydrogen) atoms. The lowest BCUT2D eigenvalue weighted by molar-refractivity contribution is -0.174. The van der Waals surface area contributed by atoms with Crippen molar-refractivity contribution < 1.29 is 29.0 Å². The third-order valence-corrected chi connectivity index (χ3v) is 7.88. The Morgan fingerprint density at radius 1 is 0.524 bits per heavy atom. The molecule has 0 aromatic rings. The van der Waals surface area contributed by atoms with Crippen LogP contribution >= 0.6 is 0 Å². The van der Waals surface area contributed by atoms with Crippen LogP contribution in [0.2, 0.25) is 0 Å². The first-order chi connectivity index (χ1) is 19.7. The Kier molecular flexibility index (Phi) is 22.0. The maximum absolute atomic E-state index is 12.8. The van der Waals surface area contributed by atoms with Crippen LogP contribution in [0, 0.1) is 17.8 Å². The highest BCUT2D eigenvalue weighted by Gasteiger charge is 2.34. The number of carbonyl (C=O) groups is 3. The number of ether oxygens (including phenoxy) is 2. The fraction of sp³-hybridized carbons (Fsp3) is 0.917. The van der Waals surface area contributed by atoms with E-state index < -0.39 is 35.0 Å². The zero-order chi connectivity index (χ0) is 32.0. The number of hydrogen-bond acceptors (Lipinski definition) is 5. The van der Waals surface area contributed by atoms with Crippen LogP contribution in [-0.2, 0) is 23.9 Å². The molecule has 0 aliphatic heterocycles. The van der Waals surface area contributed by atoms with Gasteiger partial charge in [-0.25, -0.2) is 0 Å². The smallest absolute Gasteiger partial charge is 0.320 e. The Hall–Kier alpha value is -1.59. The first kappa shape index (κ1) is 40.4. The van der Waals surface area contributed by atoms with Gasteiger partial charge in [0.15, 0.2) is 5.92 Å². The summed E-state index contributed by atoms with van der Waals surface area (Å²) in [5, 5.41) is 9.97. The van der Waals surface area contributed by atoms with Gasteiger partial charge in [0, 0.05) is 0 Å². The lowest BCUT2D eigenvalue weighted by Crippen LogP contribution is -2.36. The van der Waals surface area contributed by atoms with Crippen LogP contribution in [0.3, 0.4) is 0 Å². The summed E-state index contributed by atoms with van der Waals surface area (Å²) in [4.78, 5) is 37.7. The number of hydrogen-bond donors (Lipinski definition) is 1. The van der Waals surface area contributed by atoms with E-state index in [9.17, 15) is 19.5 Å². The van der Waals surface area contributed by atoms with Crippen molar-refractivity contribution in [3.05, 3.63) is 0 Å². The predicted molar refractivity (Wildman–Crippen MR) is 173 cm³/mol. The SMILES string of the molecule is CCCCCCCCC(CCCCCCCC)CCC(CCCCC(C(=O)OC(C)(C)C)C(=O)OC(C)(C)C)C(=O)O. The molecule has 0 heterocycles. The largest absolute Gasteiger partial charge is 0.481 e. The Morgan fingerprint density at radius 3 is 1.31 bits per heavy atom. The van der Waals surface area contributed by atoms with E-state index in [4.69, 9.17) is 9.47 Å². The molecule has 1 N–H and O–H groups in total. The molecule has 0 fully saturated rings. The number of esters is 2. The average molecular weight is 597 g/mol. The highest BCUT2D eigenvalue weighted by Crippen LogP contribution is 2.28. The number of carboxylic acids is 1. The van der Waals surface area contributed by atoms with Crippen LogP contribution < -0.4 is 0 Å². The van der Waals surface area contributed by atoms with Crippen molar-refractivity contribution in [3.8, 4) is 0 Å². The molecule has 0 amide bonds. The molecule has 0 saturated carbocycles. The molecule has 0 aromatic carbocycles. The van der Waals surface area contributed by atoms with E-state index in [1.54, 1.807) is 41.5 Å². The summed E-state index contributed by atoms with van der Waals surface area (Å²) >= 11 is 0. The topological polar surface area (TPSA) is 89.9 Å². The summed E-state index contributed by atoms with van der Waals surface area (Å²) in [6, 6.07) is 0. The molecule has 0 spiro atoms. The number of carbonyl (C=O) groups excluding carboxylic acids is 2. The van der Waals surface area contributed by atoms with Gasteiger partial charge in [0.2, 0.25) is 0 Å². The van der Waals surface area contributed by atoms with Crippen molar-refractivity contribution in [2.45, 2.75) is 195 Å². The molecule has 0 rings (SSSR count). The normalized spacial score (nSPS) is 13.0. The predicted octanol–water partition coefficient (Wildman–Crippen LogP) is 10.4. The quantitative estimate of drug-likeness (QED) is 0.0640. The fourth-order valence-corrected chi connectivity index (χ4v) is 5.50. The van der Waals surface area contributed by atoms with Gasteiger partial charge < -0.3 is 14.6 Å². The minimum Gasteiger partial charge on any atom is -0.481 e. The Bertz CT molecular complexity index is 673. The van der Waals surface area contributed by atoms with E-state index in [0.717, 1.165) is 6.42 Å². The van der Waals surface area contributed by atoms with E-state index in [1.807, 2.05) is 0 Å². The molecule has 0 aliphatic carbocycles. The molecule has 0 bridgehead atoms. The monoisotopic (exact) mass is 597 g/mol. The van der Waals surface area contributed by atoms with Gasteiger partial charge in [-0.05, 0) is 73.1 Å². The highest BCUT2D eigenvalue weighted by atomic mass is 16.6. The van der Waals surface area contributed by atoms with Gasteiger partial charge >= 0.3 is 17.9 Å². The van der Waals surface area contributed by atoms with E-state index in [2.05, 4.69) is 13.8 Å². The zero-order valence-corrected chi connectivity index (χ0v) is 28.9. The Labute approximate surface area is 259 Å². The van der Waals surface area contributed by atoms with E-state index >= 15 is 0 Å². The molecule has 6 nitrogen and oxygen atoms in total. The number of rotatable bonds is 25. The Morgan fingerprint density at radius 2 is 0.905 bits per heavy atom. The van der Waals surface area contributed by atoms with Crippen LogP contribution in [0.1, 0.15) is 184 Å². The molecule has 1 unspecified atom stereocenters. The molecular weight excluding hydrogens is 528 g/mol. The summed E-state index contributed by atoms with van der Waals surface area (Å²) in [5.74, 6) is -2.65. The molecule has 0 saturated heterocycles. The maximum Gasteiger partial charge on any atom is 0.320 e. The molecule has 6 heteroatoms. The van der Waals surface area contributed by atoms with Gasteiger partial charge in [0.05, 0.1) is 5.92 Å².